The van der Waals surface area contributed by atoms with Crippen LogP contribution < -0.4 is 9.64 Å². The predicted molar refractivity (Wildman–Crippen MR) is 101 cm³/mol. The summed E-state index contributed by atoms with van der Waals surface area (Å²) in [5.74, 6) is 1.12. The van der Waals surface area contributed by atoms with Gasteiger partial charge in [0.15, 0.2) is 0 Å². The fraction of sp³-hybridized carbons (Fsp3) is 0.211. The number of hydrogen-bond donors (Lipinski definition) is 0. The zero-order valence-corrected chi connectivity index (χ0v) is 15.8. The van der Waals surface area contributed by atoms with Crippen LogP contribution in [0.25, 0.3) is 0 Å². The van der Waals surface area contributed by atoms with E-state index in [9.17, 15) is 4.79 Å². The van der Waals surface area contributed by atoms with Crippen LogP contribution >= 0.6 is 11.8 Å². The van der Waals surface area contributed by atoms with Gasteiger partial charge in [0.25, 0.3) is 0 Å². The van der Waals surface area contributed by atoms with Crippen LogP contribution in [-0.2, 0) is 0 Å². The molecule has 0 fully saturated rings. The summed E-state index contributed by atoms with van der Waals surface area (Å²) < 4.78 is 5.96. The minimum Gasteiger partial charge on any atom is -0.450 e. The first-order valence-corrected chi connectivity index (χ1v) is 12.6. The predicted octanol–water partition coefficient (Wildman–Crippen LogP) is 4.92. The van der Waals surface area contributed by atoms with Crippen LogP contribution in [0.3, 0.4) is 0 Å². The SMILES string of the molecule is C[Si](C)(C)CN1/C(=C2\Oc3ccccc3C2=O)Sc2ccccc21. The van der Waals surface area contributed by atoms with Gasteiger partial charge in [0.05, 0.1) is 19.3 Å². The number of carbonyl (C=O) groups is 1. The number of hydrogen-bond acceptors (Lipinski definition) is 4. The van der Waals surface area contributed by atoms with E-state index < -0.39 is 8.07 Å². The van der Waals surface area contributed by atoms with Gasteiger partial charge >= 0.3 is 0 Å². The number of carbonyl (C=O) groups excluding carboxylic acids is 1. The van der Waals surface area contributed by atoms with Gasteiger partial charge in [-0.2, -0.15) is 0 Å². The molecule has 0 radical (unpaired) electrons. The minimum atomic E-state index is -1.37. The molecule has 0 aliphatic carbocycles. The Balaban J connectivity index is 1.82. The topological polar surface area (TPSA) is 29.5 Å². The first kappa shape index (κ1) is 15.5. The number of anilines is 1. The maximum Gasteiger partial charge on any atom is 0.234 e. The summed E-state index contributed by atoms with van der Waals surface area (Å²) in [5.41, 5.74) is 1.84. The third kappa shape index (κ3) is 2.58. The molecule has 4 rings (SSSR count). The Morgan fingerprint density at radius 2 is 1.75 bits per heavy atom. The highest BCUT2D eigenvalue weighted by Crippen LogP contribution is 2.49. The molecule has 24 heavy (non-hydrogen) atoms. The molecular weight excluding hydrogens is 334 g/mol. The first-order chi connectivity index (χ1) is 11.4. The molecule has 0 spiro atoms. The van der Waals surface area contributed by atoms with E-state index in [-0.39, 0.29) is 5.78 Å². The lowest BCUT2D eigenvalue weighted by atomic mass is 10.1. The summed E-state index contributed by atoms with van der Waals surface area (Å²) >= 11 is 1.64. The maximum absolute atomic E-state index is 12.8. The van der Waals surface area contributed by atoms with Crippen molar-refractivity contribution in [3.8, 4) is 5.75 Å². The average molecular weight is 354 g/mol. The van der Waals surface area contributed by atoms with Crippen molar-refractivity contribution in [2.75, 3.05) is 11.1 Å². The van der Waals surface area contributed by atoms with E-state index in [1.807, 2.05) is 30.3 Å². The molecule has 2 aromatic rings. The number of thioether (sulfide) groups is 1. The van der Waals surface area contributed by atoms with Crippen molar-refractivity contribution >= 4 is 31.3 Å². The Hall–Kier alpha value is -1.98. The van der Waals surface area contributed by atoms with Crippen molar-refractivity contribution in [3.63, 3.8) is 0 Å². The number of ether oxygens (including phenoxy) is 1. The number of Topliss-reactive ketones (excluding diaryl/α,β-unsaturated/α-hetero) is 1. The van der Waals surface area contributed by atoms with Gasteiger partial charge in [0.2, 0.25) is 11.5 Å². The van der Waals surface area contributed by atoms with Gasteiger partial charge in [-0.15, -0.1) is 0 Å². The van der Waals surface area contributed by atoms with E-state index >= 15 is 0 Å². The van der Waals surface area contributed by atoms with Crippen molar-refractivity contribution in [2.24, 2.45) is 0 Å². The van der Waals surface area contributed by atoms with E-state index in [1.165, 1.54) is 10.6 Å². The monoisotopic (exact) mass is 353 g/mol. The molecule has 2 aromatic carbocycles. The lowest BCUT2D eigenvalue weighted by molar-refractivity contribution is 0.101. The van der Waals surface area contributed by atoms with Gasteiger partial charge in [-0.25, -0.2) is 0 Å². The molecule has 0 bridgehead atoms. The molecule has 2 aliphatic rings. The van der Waals surface area contributed by atoms with E-state index in [0.717, 1.165) is 11.2 Å². The number of benzene rings is 2. The molecule has 0 aromatic heterocycles. The number of para-hydroxylation sites is 2. The standard InChI is InChI=1S/C19H19NO2SSi/c1-24(2,3)12-20-14-9-5-7-11-16(14)23-19(20)18-17(21)13-8-4-6-10-15(13)22-18/h4-11H,12H2,1-3H3/b19-18+. The number of ketones is 1. The summed E-state index contributed by atoms with van der Waals surface area (Å²) in [6, 6.07) is 15.8. The van der Waals surface area contributed by atoms with Crippen LogP contribution in [0.5, 0.6) is 5.75 Å². The zero-order chi connectivity index (χ0) is 16.9. The van der Waals surface area contributed by atoms with Crippen LogP contribution in [-0.4, -0.2) is 20.0 Å². The molecular formula is C19H19NO2SSi. The Morgan fingerprint density at radius 1 is 1.04 bits per heavy atom. The number of fused-ring (bicyclic) bond motifs is 2. The molecule has 0 amide bonds. The van der Waals surface area contributed by atoms with Gasteiger partial charge < -0.3 is 9.64 Å². The van der Waals surface area contributed by atoms with Crippen molar-refractivity contribution in [1.29, 1.82) is 0 Å². The molecule has 5 heteroatoms. The largest absolute Gasteiger partial charge is 0.450 e. The Morgan fingerprint density at radius 3 is 2.50 bits per heavy atom. The van der Waals surface area contributed by atoms with Gasteiger partial charge in [-0.3, -0.25) is 4.79 Å². The third-order valence-electron chi connectivity index (χ3n) is 3.98. The van der Waals surface area contributed by atoms with E-state index in [2.05, 4.69) is 42.7 Å². The number of rotatable bonds is 2. The van der Waals surface area contributed by atoms with Crippen LogP contribution in [0, 0.1) is 0 Å². The van der Waals surface area contributed by atoms with Crippen molar-refractivity contribution < 1.29 is 9.53 Å². The fourth-order valence-corrected chi connectivity index (χ4v) is 5.53. The van der Waals surface area contributed by atoms with Crippen LogP contribution in [0.2, 0.25) is 19.6 Å². The van der Waals surface area contributed by atoms with Crippen LogP contribution in [0.4, 0.5) is 5.69 Å². The van der Waals surface area contributed by atoms with Crippen LogP contribution in [0.15, 0.2) is 64.2 Å². The smallest absolute Gasteiger partial charge is 0.234 e. The molecule has 0 saturated heterocycles. The van der Waals surface area contributed by atoms with Crippen molar-refractivity contribution in [3.05, 3.63) is 64.9 Å². The van der Waals surface area contributed by atoms with Gasteiger partial charge in [-0.1, -0.05) is 55.7 Å². The molecule has 3 nitrogen and oxygen atoms in total. The summed E-state index contributed by atoms with van der Waals surface area (Å²) in [5, 5.41) is 0.930. The van der Waals surface area contributed by atoms with E-state index in [0.29, 0.717) is 17.1 Å². The molecule has 0 N–H and O–H groups in total. The zero-order valence-electron chi connectivity index (χ0n) is 14.0. The third-order valence-corrected chi connectivity index (χ3v) is 6.41. The summed E-state index contributed by atoms with van der Waals surface area (Å²) in [6.45, 7) is 7.02. The van der Waals surface area contributed by atoms with Crippen molar-refractivity contribution in [1.82, 2.24) is 0 Å². The van der Waals surface area contributed by atoms with Crippen molar-refractivity contribution in [2.45, 2.75) is 24.5 Å². The number of allylic oxidation sites excluding steroid dienone is 1. The first-order valence-electron chi connectivity index (χ1n) is 8.04. The van der Waals surface area contributed by atoms with Gasteiger partial charge in [0, 0.05) is 11.1 Å². The highest BCUT2D eigenvalue weighted by atomic mass is 32.2. The summed E-state index contributed by atoms with van der Waals surface area (Å²) in [7, 11) is -1.37. The second-order valence-corrected chi connectivity index (χ2v) is 13.7. The molecule has 2 aliphatic heterocycles. The normalized spacial score (nSPS) is 19.3. The van der Waals surface area contributed by atoms with Crippen LogP contribution in [0.1, 0.15) is 10.4 Å². The summed E-state index contributed by atoms with van der Waals surface area (Å²) in [4.78, 5) is 16.3. The molecule has 0 atom stereocenters. The second-order valence-electron chi connectivity index (χ2n) is 7.28. The quantitative estimate of drug-likeness (QED) is 0.566. The Labute approximate surface area is 147 Å². The van der Waals surface area contributed by atoms with Gasteiger partial charge in [0.1, 0.15) is 10.8 Å². The lowest BCUT2D eigenvalue weighted by Gasteiger charge is -2.28. The van der Waals surface area contributed by atoms with E-state index in [1.54, 1.807) is 11.8 Å². The second kappa shape index (κ2) is 5.53. The molecule has 0 unspecified atom stereocenters. The molecule has 122 valence electrons. The highest BCUT2D eigenvalue weighted by molar-refractivity contribution is 8.03. The Kier molecular flexibility index (Phi) is 3.58. The molecule has 0 saturated carbocycles. The van der Waals surface area contributed by atoms with E-state index in [4.69, 9.17) is 4.74 Å². The highest BCUT2D eigenvalue weighted by Gasteiger charge is 2.37. The Bertz CT molecular complexity index is 870. The summed E-state index contributed by atoms with van der Waals surface area (Å²) in [6.07, 6.45) is 0.961. The average Bonchev–Trinajstić information content (AvgIpc) is 3.05. The fourth-order valence-electron chi connectivity index (χ4n) is 3.00. The minimum absolute atomic E-state index is 0.0125. The van der Waals surface area contributed by atoms with Gasteiger partial charge in [-0.05, 0) is 24.3 Å². The molecule has 2 heterocycles. The number of nitrogens with zero attached hydrogens (tertiary/aromatic N) is 1. The lowest BCUT2D eigenvalue weighted by Crippen LogP contribution is -2.39. The maximum atomic E-state index is 12.8.